The molecule has 0 unspecified atom stereocenters. The number of benzene rings is 2. The number of imidazole rings is 2. The molecule has 0 amide bonds. The first kappa shape index (κ1) is 43.2. The van der Waals surface area contributed by atoms with Crippen LogP contribution in [0.4, 0.5) is 26.3 Å². The van der Waals surface area contributed by atoms with Crippen LogP contribution in [0.25, 0.3) is 22.6 Å². The zero-order chi connectivity index (χ0) is 41.7. The van der Waals surface area contributed by atoms with E-state index in [2.05, 4.69) is 20.2 Å². The quantitative estimate of drug-likeness (QED) is 0.0859. The van der Waals surface area contributed by atoms with Gasteiger partial charge in [0.05, 0.1) is 47.9 Å². The molecule has 296 valence electrons. The number of ether oxygens (including phenoxy) is 2. The van der Waals surface area contributed by atoms with Crippen molar-refractivity contribution in [2.75, 3.05) is 13.2 Å². The Balaban J connectivity index is 0.000000200. The van der Waals surface area contributed by atoms with Gasteiger partial charge in [-0.1, -0.05) is 54.1 Å². The lowest BCUT2D eigenvalue weighted by Gasteiger charge is -2.15. The molecule has 0 saturated carbocycles. The Labute approximate surface area is 320 Å². The Hall–Kier alpha value is -5.53. The van der Waals surface area contributed by atoms with E-state index in [4.69, 9.17) is 31.1 Å². The van der Waals surface area contributed by atoms with E-state index in [0.29, 0.717) is 34.2 Å². The number of carbonyl (C=O) groups excluding carboxylic acids is 2. The van der Waals surface area contributed by atoms with Crippen LogP contribution < -0.4 is 5.46 Å². The second-order valence-corrected chi connectivity index (χ2v) is 12.2. The summed E-state index contributed by atoms with van der Waals surface area (Å²) in [5.41, 5.74) is 2.27. The van der Waals surface area contributed by atoms with Gasteiger partial charge in [0.25, 0.3) is 0 Å². The van der Waals surface area contributed by atoms with Crippen molar-refractivity contribution in [2.45, 2.75) is 53.9 Å². The molecule has 3 N–H and O–H groups in total. The van der Waals surface area contributed by atoms with Crippen molar-refractivity contribution < 1.29 is 55.5 Å². The number of hydrogen-bond acceptors (Lipinski definition) is 9. The fourth-order valence-electron chi connectivity index (χ4n) is 5.29. The highest BCUT2D eigenvalue weighted by atomic mass is 35.5. The molecule has 0 bridgehead atoms. The average Bonchev–Trinajstić information content (AvgIpc) is 3.77. The minimum atomic E-state index is -4.52. The molecule has 2 aromatic carbocycles. The molecule has 6 aromatic rings. The van der Waals surface area contributed by atoms with Crippen LogP contribution in [-0.2, 0) is 21.8 Å². The maximum atomic E-state index is 13.4. The third-order valence-corrected chi connectivity index (χ3v) is 8.70. The van der Waals surface area contributed by atoms with E-state index in [1.165, 1.54) is 51.8 Å². The molecule has 12 nitrogen and oxygen atoms in total. The van der Waals surface area contributed by atoms with Crippen molar-refractivity contribution in [3.05, 3.63) is 111 Å². The first-order chi connectivity index (χ1) is 26.2. The van der Waals surface area contributed by atoms with Gasteiger partial charge in [0, 0.05) is 5.56 Å². The van der Waals surface area contributed by atoms with Crippen LogP contribution in [0.2, 0.25) is 5.15 Å². The maximum absolute atomic E-state index is 13.4. The van der Waals surface area contributed by atoms with Crippen LogP contribution in [0.5, 0.6) is 0 Å². The Kier molecular flexibility index (Phi) is 13.5. The van der Waals surface area contributed by atoms with E-state index >= 15 is 0 Å². The Bertz CT molecular complexity index is 2380. The van der Waals surface area contributed by atoms with Gasteiger partial charge in [-0.25, -0.2) is 28.6 Å². The molecule has 56 heavy (non-hydrogen) atoms. The van der Waals surface area contributed by atoms with Crippen LogP contribution >= 0.6 is 11.6 Å². The second-order valence-electron chi connectivity index (χ2n) is 11.9. The predicted molar refractivity (Wildman–Crippen MR) is 195 cm³/mol. The van der Waals surface area contributed by atoms with E-state index in [-0.39, 0.29) is 29.3 Å². The molecule has 0 aliphatic carbocycles. The molecule has 0 spiro atoms. The summed E-state index contributed by atoms with van der Waals surface area (Å²) in [6, 6.07) is 9.71. The van der Waals surface area contributed by atoms with Crippen molar-refractivity contribution in [1.82, 2.24) is 29.2 Å². The first-order valence-electron chi connectivity index (χ1n) is 16.7. The van der Waals surface area contributed by atoms with Crippen LogP contribution in [0.15, 0.2) is 60.9 Å². The van der Waals surface area contributed by atoms with Crippen LogP contribution in [-0.4, -0.2) is 71.5 Å². The molecular formula is C36H35BClF6N6O6+. The number of aryl methyl sites for hydroxylation is 2. The molecule has 20 heteroatoms. The van der Waals surface area contributed by atoms with Crippen molar-refractivity contribution in [3.63, 3.8) is 0 Å². The van der Waals surface area contributed by atoms with E-state index < -0.39 is 48.0 Å². The number of hydrogen-bond donors (Lipinski definition) is 1. The third kappa shape index (κ3) is 9.29. The molecule has 0 aliphatic rings. The SMILES string of the molecule is CCOC(=O)c1cnc2c(C)c(C)c(-c3ccccc3C(F)(F)F)nn12.CCOC(=O)c1cnc2c(C)c(C)c(Cl)nn12.OB([OH2+])c1ccccc1C(F)(F)F. The summed E-state index contributed by atoms with van der Waals surface area (Å²) in [4.78, 5) is 32.1. The lowest BCUT2D eigenvalue weighted by Crippen LogP contribution is -2.35. The van der Waals surface area contributed by atoms with Gasteiger partial charge in [0.15, 0.2) is 27.8 Å². The van der Waals surface area contributed by atoms with Gasteiger partial charge in [-0.05, 0) is 69.9 Å². The van der Waals surface area contributed by atoms with E-state index in [1.807, 2.05) is 13.8 Å². The number of aromatic nitrogens is 6. The van der Waals surface area contributed by atoms with Gasteiger partial charge in [-0.15, -0.1) is 0 Å². The maximum Gasteiger partial charge on any atom is 0.728 e. The minimum absolute atomic E-state index is 0.0500. The standard InChI is InChI=1S/C18H16F3N3O2.C11H12ClN3O2.C7H6BF3O2/c1-4-26-17(25)14-9-22-16-11(3)10(2)15(23-24(14)16)12-7-5-6-8-13(12)18(19,20)21;1-4-17-11(16)8-5-13-10-7(3)6(2)9(12)14-15(8)10;9-7(10,11)5-3-1-2-4-6(5)8(12)13/h5-9H,4H2,1-3H3;5H,4H2,1-3H3;1-4,12-13H/p+1. The molecule has 4 aromatic heterocycles. The summed E-state index contributed by atoms with van der Waals surface area (Å²) in [5, 5.41) is 24.3. The van der Waals surface area contributed by atoms with E-state index in [0.717, 1.165) is 29.3 Å². The van der Waals surface area contributed by atoms with Gasteiger partial charge in [-0.2, -0.15) is 36.5 Å². The summed E-state index contributed by atoms with van der Waals surface area (Å²) in [6.07, 6.45) is -6.28. The summed E-state index contributed by atoms with van der Waals surface area (Å²) in [7, 11) is -1.85. The van der Waals surface area contributed by atoms with Crippen LogP contribution in [0, 0.1) is 27.7 Å². The van der Waals surface area contributed by atoms with Gasteiger partial charge >= 0.3 is 31.4 Å². The van der Waals surface area contributed by atoms with Crippen molar-refractivity contribution in [3.8, 4) is 11.3 Å². The number of carbonyl (C=O) groups is 2. The van der Waals surface area contributed by atoms with Gasteiger partial charge in [-0.3, -0.25) is 0 Å². The normalized spacial score (nSPS) is 11.4. The highest BCUT2D eigenvalue weighted by molar-refractivity contribution is 6.59. The molecule has 0 atom stereocenters. The number of esters is 2. The monoisotopic (exact) mass is 807 g/mol. The molecule has 0 saturated heterocycles. The Morgan fingerprint density at radius 3 is 1.64 bits per heavy atom. The fraction of sp³-hybridized carbons (Fsp3) is 0.278. The number of nitrogens with zero attached hydrogens (tertiary/aromatic N) is 6. The van der Waals surface area contributed by atoms with Crippen LogP contribution in [0.3, 0.4) is 0 Å². The predicted octanol–water partition coefficient (Wildman–Crippen LogP) is 6.50. The Morgan fingerprint density at radius 2 is 1.18 bits per heavy atom. The molecule has 0 aliphatic heterocycles. The number of rotatable bonds is 6. The third-order valence-electron chi connectivity index (χ3n) is 8.34. The first-order valence-corrected chi connectivity index (χ1v) is 17.0. The van der Waals surface area contributed by atoms with Gasteiger partial charge in [0.2, 0.25) is 0 Å². The minimum Gasteiger partial charge on any atom is -0.522 e. The fourth-order valence-corrected chi connectivity index (χ4v) is 5.50. The Morgan fingerprint density at radius 1 is 0.732 bits per heavy atom. The van der Waals surface area contributed by atoms with Crippen molar-refractivity contribution >= 4 is 47.4 Å². The van der Waals surface area contributed by atoms with Crippen LogP contribution in [0.1, 0.15) is 68.2 Å². The number of fused-ring (bicyclic) bond motifs is 2. The van der Waals surface area contributed by atoms with Gasteiger partial charge in [0.1, 0.15) is 0 Å². The molecular weight excluding hydrogens is 773 g/mol. The second kappa shape index (κ2) is 17.5. The summed E-state index contributed by atoms with van der Waals surface area (Å²) in [5.74, 6) is -1.09. The summed E-state index contributed by atoms with van der Waals surface area (Å²) < 4.78 is 89.4. The zero-order valence-corrected chi connectivity index (χ0v) is 31.4. The topological polar surface area (TPSA) is 156 Å². The largest absolute Gasteiger partial charge is 0.728 e. The van der Waals surface area contributed by atoms with E-state index in [9.17, 15) is 35.9 Å². The average molecular weight is 808 g/mol. The highest BCUT2D eigenvalue weighted by Gasteiger charge is 2.39. The molecule has 4 heterocycles. The molecule has 0 fully saturated rings. The number of alkyl halides is 6. The van der Waals surface area contributed by atoms with Gasteiger partial charge < -0.3 is 19.5 Å². The smallest absolute Gasteiger partial charge is 0.522 e. The lowest BCUT2D eigenvalue weighted by molar-refractivity contribution is -0.137. The number of halogens is 7. The summed E-state index contributed by atoms with van der Waals surface area (Å²) in [6.45, 7) is 11.1. The van der Waals surface area contributed by atoms with Crippen molar-refractivity contribution in [2.24, 2.45) is 0 Å². The molecule has 0 radical (unpaired) electrons. The highest BCUT2D eigenvalue weighted by Crippen LogP contribution is 2.38. The zero-order valence-electron chi connectivity index (χ0n) is 30.7. The van der Waals surface area contributed by atoms with E-state index in [1.54, 1.807) is 27.7 Å². The molecule has 6 rings (SSSR count). The summed E-state index contributed by atoms with van der Waals surface area (Å²) >= 11 is 5.99. The lowest BCUT2D eigenvalue weighted by atomic mass is 9.77. The van der Waals surface area contributed by atoms with Crippen molar-refractivity contribution in [1.29, 1.82) is 0 Å².